The summed E-state index contributed by atoms with van der Waals surface area (Å²) in [5.41, 5.74) is 0. The third-order valence-electron chi connectivity index (χ3n) is 4.03. The zero-order chi connectivity index (χ0) is 17.4. The van der Waals surface area contributed by atoms with Crippen molar-refractivity contribution in [2.24, 2.45) is 0 Å². The molecule has 0 aliphatic carbocycles. The summed E-state index contributed by atoms with van der Waals surface area (Å²) in [7, 11) is -3.98. The summed E-state index contributed by atoms with van der Waals surface area (Å²) >= 11 is 6.17. The Labute approximate surface area is 150 Å². The van der Waals surface area contributed by atoms with Gasteiger partial charge in [-0.25, -0.2) is 0 Å². The number of fused-ring (bicyclic) bond motifs is 2. The smallest absolute Gasteiger partial charge is 0.339 e. The molecule has 0 fully saturated rings. The highest BCUT2D eigenvalue weighted by molar-refractivity contribution is 7.87. The largest absolute Gasteiger partial charge is 0.379 e. The van der Waals surface area contributed by atoms with Crippen LogP contribution in [0, 0.1) is 0 Å². The number of hydrogen-bond donors (Lipinski definition) is 0. The van der Waals surface area contributed by atoms with Crippen LogP contribution < -0.4 is 4.18 Å². The van der Waals surface area contributed by atoms with Gasteiger partial charge in [0, 0.05) is 15.8 Å². The fourth-order valence-electron chi connectivity index (χ4n) is 2.84. The van der Waals surface area contributed by atoms with Crippen LogP contribution in [0.4, 0.5) is 0 Å². The molecular formula is C20H13ClO3S. The zero-order valence-electron chi connectivity index (χ0n) is 13.0. The number of hydrogen-bond acceptors (Lipinski definition) is 3. The highest BCUT2D eigenvalue weighted by Crippen LogP contribution is 2.31. The predicted octanol–water partition coefficient (Wildman–Crippen LogP) is 5.41. The summed E-state index contributed by atoms with van der Waals surface area (Å²) in [5.74, 6) is 0.276. The molecule has 0 unspecified atom stereocenters. The second-order valence-electron chi connectivity index (χ2n) is 5.64. The topological polar surface area (TPSA) is 43.4 Å². The molecule has 4 rings (SSSR count). The van der Waals surface area contributed by atoms with Gasteiger partial charge in [-0.2, -0.15) is 8.42 Å². The van der Waals surface area contributed by atoms with Crippen LogP contribution in [-0.2, 0) is 10.1 Å². The number of rotatable bonds is 3. The predicted molar refractivity (Wildman–Crippen MR) is 101 cm³/mol. The lowest BCUT2D eigenvalue weighted by molar-refractivity contribution is 0.487. The van der Waals surface area contributed by atoms with E-state index in [1.165, 1.54) is 6.07 Å². The molecule has 0 spiro atoms. The molecule has 0 amide bonds. The average Bonchev–Trinajstić information content (AvgIpc) is 2.61. The summed E-state index contributed by atoms with van der Waals surface area (Å²) in [6, 6.07) is 23.0. The molecule has 0 radical (unpaired) electrons. The van der Waals surface area contributed by atoms with Crippen molar-refractivity contribution in [2.75, 3.05) is 0 Å². The van der Waals surface area contributed by atoms with Gasteiger partial charge in [0.15, 0.2) is 0 Å². The Bertz CT molecular complexity index is 1200. The van der Waals surface area contributed by atoms with E-state index in [-0.39, 0.29) is 10.6 Å². The second kappa shape index (κ2) is 6.06. The molecule has 5 heteroatoms. The van der Waals surface area contributed by atoms with Crippen molar-refractivity contribution in [3.05, 3.63) is 83.9 Å². The first-order chi connectivity index (χ1) is 12.0. The standard InChI is InChI=1S/C20H13ClO3S/c21-19-11-12-20(18-8-4-3-7-17(18)19)25(22,23)24-16-10-9-14-5-1-2-6-15(14)13-16/h1-13H. The first kappa shape index (κ1) is 15.9. The molecule has 0 saturated heterocycles. The molecule has 4 aromatic rings. The third-order valence-corrected chi connectivity index (χ3v) is 5.66. The highest BCUT2D eigenvalue weighted by Gasteiger charge is 2.20. The molecular weight excluding hydrogens is 356 g/mol. The molecule has 3 nitrogen and oxygen atoms in total. The van der Waals surface area contributed by atoms with E-state index in [0.717, 1.165) is 10.8 Å². The Morgan fingerprint density at radius 2 is 1.40 bits per heavy atom. The van der Waals surface area contributed by atoms with Crippen LogP contribution in [0.3, 0.4) is 0 Å². The van der Waals surface area contributed by atoms with Crippen LogP contribution in [0.25, 0.3) is 21.5 Å². The summed E-state index contributed by atoms with van der Waals surface area (Å²) in [6.07, 6.45) is 0. The van der Waals surface area contributed by atoms with Gasteiger partial charge in [0.1, 0.15) is 10.6 Å². The number of halogens is 1. The van der Waals surface area contributed by atoms with E-state index in [2.05, 4.69) is 0 Å². The minimum atomic E-state index is -3.98. The Hall–Kier alpha value is -2.56. The van der Waals surface area contributed by atoms with E-state index in [0.29, 0.717) is 15.8 Å². The summed E-state index contributed by atoms with van der Waals surface area (Å²) in [5, 5.41) is 3.64. The molecule has 0 atom stereocenters. The van der Waals surface area contributed by atoms with Crippen molar-refractivity contribution in [1.82, 2.24) is 0 Å². The average molecular weight is 369 g/mol. The molecule has 0 aliphatic heterocycles. The lowest BCUT2D eigenvalue weighted by Crippen LogP contribution is -2.10. The highest BCUT2D eigenvalue weighted by atomic mass is 35.5. The molecule has 0 N–H and O–H groups in total. The van der Waals surface area contributed by atoms with E-state index in [4.69, 9.17) is 15.8 Å². The summed E-state index contributed by atoms with van der Waals surface area (Å²) in [4.78, 5) is 0.0978. The van der Waals surface area contributed by atoms with Gasteiger partial charge in [0.2, 0.25) is 0 Å². The maximum atomic E-state index is 12.8. The van der Waals surface area contributed by atoms with Gasteiger partial charge in [-0.15, -0.1) is 0 Å². The van der Waals surface area contributed by atoms with Gasteiger partial charge in [0.05, 0.1) is 0 Å². The Kier molecular flexibility index (Phi) is 3.86. The van der Waals surface area contributed by atoms with Gasteiger partial charge < -0.3 is 4.18 Å². The van der Waals surface area contributed by atoms with Crippen LogP contribution >= 0.6 is 11.6 Å². The van der Waals surface area contributed by atoms with Gasteiger partial charge in [-0.1, -0.05) is 66.2 Å². The van der Waals surface area contributed by atoms with Crippen molar-refractivity contribution in [3.63, 3.8) is 0 Å². The minimum absolute atomic E-state index is 0.0978. The fraction of sp³-hybridized carbons (Fsp3) is 0. The molecule has 0 aromatic heterocycles. The summed E-state index contributed by atoms with van der Waals surface area (Å²) in [6.45, 7) is 0. The maximum Gasteiger partial charge on any atom is 0.339 e. The lowest BCUT2D eigenvalue weighted by Gasteiger charge is -2.11. The molecule has 0 aliphatic rings. The Morgan fingerprint density at radius 1 is 0.720 bits per heavy atom. The van der Waals surface area contributed by atoms with Gasteiger partial charge in [0.25, 0.3) is 0 Å². The molecule has 0 heterocycles. The molecule has 25 heavy (non-hydrogen) atoms. The Balaban J connectivity index is 1.80. The molecule has 4 aromatic carbocycles. The first-order valence-corrected chi connectivity index (χ1v) is 9.44. The molecule has 0 saturated carbocycles. The monoisotopic (exact) mass is 368 g/mol. The van der Waals surface area contributed by atoms with Crippen molar-refractivity contribution >= 4 is 43.3 Å². The van der Waals surface area contributed by atoms with Crippen molar-refractivity contribution in [3.8, 4) is 5.75 Å². The maximum absolute atomic E-state index is 12.8. The Morgan fingerprint density at radius 3 is 2.20 bits per heavy atom. The molecule has 124 valence electrons. The first-order valence-electron chi connectivity index (χ1n) is 7.65. The van der Waals surface area contributed by atoms with E-state index < -0.39 is 10.1 Å². The summed E-state index contributed by atoms with van der Waals surface area (Å²) < 4.78 is 31.0. The van der Waals surface area contributed by atoms with Crippen LogP contribution in [0.15, 0.2) is 83.8 Å². The van der Waals surface area contributed by atoms with Crippen LogP contribution in [0.2, 0.25) is 5.02 Å². The molecule has 0 bridgehead atoms. The third kappa shape index (κ3) is 2.95. The van der Waals surface area contributed by atoms with Gasteiger partial charge >= 0.3 is 10.1 Å². The fourth-order valence-corrected chi connectivity index (χ4v) is 4.20. The number of benzene rings is 4. The second-order valence-corrected chi connectivity index (χ2v) is 7.56. The van der Waals surface area contributed by atoms with Crippen LogP contribution in [0.1, 0.15) is 0 Å². The minimum Gasteiger partial charge on any atom is -0.379 e. The quantitative estimate of drug-likeness (QED) is 0.454. The van der Waals surface area contributed by atoms with Crippen molar-refractivity contribution in [2.45, 2.75) is 4.90 Å². The van der Waals surface area contributed by atoms with Gasteiger partial charge in [-0.05, 0) is 35.0 Å². The zero-order valence-corrected chi connectivity index (χ0v) is 14.6. The SMILES string of the molecule is O=S(=O)(Oc1ccc2ccccc2c1)c1ccc(Cl)c2ccccc12. The van der Waals surface area contributed by atoms with E-state index in [9.17, 15) is 8.42 Å². The normalized spacial score (nSPS) is 11.7. The van der Waals surface area contributed by atoms with Crippen molar-refractivity contribution in [1.29, 1.82) is 0 Å². The van der Waals surface area contributed by atoms with E-state index in [1.54, 1.807) is 36.4 Å². The lowest BCUT2D eigenvalue weighted by atomic mass is 10.1. The van der Waals surface area contributed by atoms with Crippen molar-refractivity contribution < 1.29 is 12.6 Å². The van der Waals surface area contributed by atoms with Crippen LogP contribution in [0.5, 0.6) is 5.75 Å². The van der Waals surface area contributed by atoms with E-state index >= 15 is 0 Å². The van der Waals surface area contributed by atoms with Gasteiger partial charge in [-0.3, -0.25) is 0 Å². The van der Waals surface area contributed by atoms with E-state index in [1.807, 2.05) is 36.4 Å². The van der Waals surface area contributed by atoms with Crippen LogP contribution in [-0.4, -0.2) is 8.42 Å².